The fourth-order valence-corrected chi connectivity index (χ4v) is 3.08. The van der Waals surface area contributed by atoms with Gasteiger partial charge in [0.25, 0.3) is 0 Å². The Morgan fingerprint density at radius 1 is 1.14 bits per heavy atom. The maximum absolute atomic E-state index is 7.88. The van der Waals surface area contributed by atoms with Crippen molar-refractivity contribution in [1.29, 1.82) is 5.41 Å². The van der Waals surface area contributed by atoms with Gasteiger partial charge in [0.05, 0.1) is 22.5 Å². The molecule has 21 heavy (non-hydrogen) atoms. The summed E-state index contributed by atoms with van der Waals surface area (Å²) in [5.74, 6) is 0.706. The van der Waals surface area contributed by atoms with Crippen molar-refractivity contribution >= 4 is 11.7 Å². The van der Waals surface area contributed by atoms with Crippen LogP contribution in [-0.4, -0.2) is 40.3 Å². The minimum absolute atomic E-state index is 0.0302. The van der Waals surface area contributed by atoms with Crippen molar-refractivity contribution in [2.75, 3.05) is 18.0 Å². The van der Waals surface area contributed by atoms with Gasteiger partial charge in [0, 0.05) is 13.1 Å². The molecule has 6 nitrogen and oxygen atoms in total. The Morgan fingerprint density at radius 2 is 1.67 bits per heavy atom. The fourth-order valence-electron chi connectivity index (χ4n) is 3.08. The highest BCUT2D eigenvalue weighted by Gasteiger charge is 2.39. The number of rotatable bonds is 2. The standard InChI is InChI=1S/C15H25N5O/c1-9-10(2)18-19-13(11(9)12(16)17)20-7-14(3,4)21-15(5,6)8-20/h7-8H2,1-6H3,(H3,16,17). The molecular formula is C15H25N5O. The molecule has 1 aliphatic heterocycles. The number of amidine groups is 1. The van der Waals surface area contributed by atoms with Crippen LogP contribution in [0.3, 0.4) is 0 Å². The van der Waals surface area contributed by atoms with E-state index in [9.17, 15) is 0 Å². The van der Waals surface area contributed by atoms with Gasteiger partial charge in [-0.3, -0.25) is 5.41 Å². The Hall–Kier alpha value is -1.69. The van der Waals surface area contributed by atoms with E-state index in [1.165, 1.54) is 0 Å². The second kappa shape index (κ2) is 4.94. The maximum Gasteiger partial charge on any atom is 0.162 e. The Balaban J connectivity index is 2.51. The number of nitrogens with zero attached hydrogens (tertiary/aromatic N) is 3. The first kappa shape index (κ1) is 15.7. The molecule has 2 rings (SSSR count). The van der Waals surface area contributed by atoms with Gasteiger partial charge in [-0.25, -0.2) is 0 Å². The van der Waals surface area contributed by atoms with Crippen molar-refractivity contribution < 1.29 is 4.74 Å². The number of morpholine rings is 1. The zero-order valence-corrected chi connectivity index (χ0v) is 13.7. The Bertz CT molecular complexity index is 564. The predicted molar refractivity (Wildman–Crippen MR) is 84.0 cm³/mol. The SMILES string of the molecule is Cc1nnc(N2CC(C)(C)OC(C)(C)C2)c(C(=N)N)c1C. The second-order valence-corrected chi connectivity index (χ2v) is 7.00. The molecule has 2 heterocycles. The average Bonchev–Trinajstić information content (AvgIpc) is 2.27. The minimum atomic E-state index is -0.295. The monoisotopic (exact) mass is 291 g/mol. The maximum atomic E-state index is 7.88. The van der Waals surface area contributed by atoms with E-state index in [4.69, 9.17) is 15.9 Å². The number of hydrogen-bond acceptors (Lipinski definition) is 5. The summed E-state index contributed by atoms with van der Waals surface area (Å²) in [4.78, 5) is 2.12. The van der Waals surface area contributed by atoms with E-state index < -0.39 is 0 Å². The lowest BCUT2D eigenvalue weighted by Crippen LogP contribution is -2.58. The van der Waals surface area contributed by atoms with Crippen LogP contribution in [0.4, 0.5) is 5.82 Å². The summed E-state index contributed by atoms with van der Waals surface area (Å²) in [5.41, 5.74) is 7.58. The molecule has 1 fully saturated rings. The third kappa shape index (κ3) is 3.15. The van der Waals surface area contributed by atoms with Gasteiger partial charge in [0.1, 0.15) is 5.84 Å². The zero-order valence-electron chi connectivity index (χ0n) is 13.7. The van der Waals surface area contributed by atoms with Gasteiger partial charge in [-0.2, -0.15) is 5.10 Å². The molecular weight excluding hydrogens is 266 g/mol. The molecule has 1 aromatic heterocycles. The smallest absolute Gasteiger partial charge is 0.162 e. The quantitative estimate of drug-likeness (QED) is 0.640. The van der Waals surface area contributed by atoms with E-state index in [1.54, 1.807) is 0 Å². The summed E-state index contributed by atoms with van der Waals surface area (Å²) >= 11 is 0. The number of nitrogens with two attached hydrogens (primary N) is 1. The van der Waals surface area contributed by atoms with Gasteiger partial charge in [-0.1, -0.05) is 0 Å². The van der Waals surface area contributed by atoms with Crippen LogP contribution >= 0.6 is 0 Å². The Morgan fingerprint density at radius 3 is 2.14 bits per heavy atom. The van der Waals surface area contributed by atoms with E-state index in [1.807, 2.05) is 13.8 Å². The molecule has 0 amide bonds. The Labute approximate surface area is 126 Å². The number of nitrogen functional groups attached to an aromatic ring is 1. The van der Waals surface area contributed by atoms with Crippen LogP contribution in [-0.2, 0) is 4.74 Å². The number of ether oxygens (including phenoxy) is 1. The molecule has 0 spiro atoms. The Kier molecular flexibility index (Phi) is 3.70. The lowest BCUT2D eigenvalue weighted by atomic mass is 9.97. The number of anilines is 1. The van der Waals surface area contributed by atoms with Crippen molar-refractivity contribution in [2.45, 2.75) is 52.7 Å². The number of aromatic nitrogens is 2. The van der Waals surface area contributed by atoms with Crippen molar-refractivity contribution in [1.82, 2.24) is 10.2 Å². The van der Waals surface area contributed by atoms with Gasteiger partial charge < -0.3 is 15.4 Å². The molecule has 0 bridgehead atoms. The summed E-state index contributed by atoms with van der Waals surface area (Å²) in [6, 6.07) is 0. The van der Waals surface area contributed by atoms with Crippen LogP contribution in [0, 0.1) is 19.3 Å². The number of hydrogen-bond donors (Lipinski definition) is 2. The second-order valence-electron chi connectivity index (χ2n) is 7.00. The highest BCUT2D eigenvalue weighted by atomic mass is 16.5. The van der Waals surface area contributed by atoms with Crippen LogP contribution < -0.4 is 10.6 Å². The molecule has 0 aromatic carbocycles. The van der Waals surface area contributed by atoms with Crippen molar-refractivity contribution in [2.24, 2.45) is 5.73 Å². The van der Waals surface area contributed by atoms with Crippen LogP contribution in [0.1, 0.15) is 44.5 Å². The predicted octanol–water partition coefficient (Wildman–Crippen LogP) is 1.77. The summed E-state index contributed by atoms with van der Waals surface area (Å²) in [6.45, 7) is 13.4. The summed E-state index contributed by atoms with van der Waals surface area (Å²) < 4.78 is 6.09. The molecule has 0 saturated carbocycles. The fraction of sp³-hybridized carbons (Fsp3) is 0.667. The third-order valence-corrected chi connectivity index (χ3v) is 3.70. The van der Waals surface area contributed by atoms with Crippen LogP contribution in [0.5, 0.6) is 0 Å². The van der Waals surface area contributed by atoms with E-state index in [0.29, 0.717) is 24.5 Å². The lowest BCUT2D eigenvalue weighted by Gasteiger charge is -2.47. The van der Waals surface area contributed by atoms with E-state index in [-0.39, 0.29) is 17.0 Å². The first-order chi connectivity index (χ1) is 9.52. The molecule has 0 aliphatic carbocycles. The third-order valence-electron chi connectivity index (χ3n) is 3.70. The zero-order chi connectivity index (χ0) is 16.0. The molecule has 0 radical (unpaired) electrons. The van der Waals surface area contributed by atoms with Crippen LogP contribution in [0.25, 0.3) is 0 Å². The minimum Gasteiger partial charge on any atom is -0.384 e. The molecule has 6 heteroatoms. The van der Waals surface area contributed by atoms with Crippen molar-refractivity contribution in [3.05, 3.63) is 16.8 Å². The van der Waals surface area contributed by atoms with E-state index >= 15 is 0 Å². The first-order valence-corrected chi connectivity index (χ1v) is 7.16. The van der Waals surface area contributed by atoms with Crippen LogP contribution in [0.15, 0.2) is 0 Å². The molecule has 0 atom stereocenters. The van der Waals surface area contributed by atoms with E-state index in [2.05, 4.69) is 42.8 Å². The lowest BCUT2D eigenvalue weighted by molar-refractivity contribution is -0.133. The van der Waals surface area contributed by atoms with Crippen LogP contribution in [0.2, 0.25) is 0 Å². The van der Waals surface area contributed by atoms with Gasteiger partial charge in [-0.15, -0.1) is 5.10 Å². The molecule has 1 aliphatic rings. The van der Waals surface area contributed by atoms with Crippen molar-refractivity contribution in [3.8, 4) is 0 Å². The van der Waals surface area contributed by atoms with Gasteiger partial charge in [0.15, 0.2) is 5.82 Å². The highest BCUT2D eigenvalue weighted by Crippen LogP contribution is 2.32. The van der Waals surface area contributed by atoms with Gasteiger partial charge in [-0.05, 0) is 47.1 Å². The number of nitrogens with one attached hydrogen (secondary N) is 1. The largest absolute Gasteiger partial charge is 0.384 e. The molecule has 3 N–H and O–H groups in total. The number of aryl methyl sites for hydroxylation is 1. The molecule has 1 saturated heterocycles. The average molecular weight is 291 g/mol. The molecule has 1 aromatic rings. The van der Waals surface area contributed by atoms with Crippen molar-refractivity contribution in [3.63, 3.8) is 0 Å². The highest BCUT2D eigenvalue weighted by molar-refractivity contribution is 6.01. The molecule has 116 valence electrons. The molecule has 0 unspecified atom stereocenters. The topological polar surface area (TPSA) is 88.1 Å². The summed E-state index contributed by atoms with van der Waals surface area (Å²) in [7, 11) is 0. The normalized spacial score (nSPS) is 20.4. The first-order valence-electron chi connectivity index (χ1n) is 7.16. The van der Waals surface area contributed by atoms with Gasteiger partial charge in [0.2, 0.25) is 0 Å². The van der Waals surface area contributed by atoms with Gasteiger partial charge >= 0.3 is 0 Å². The van der Waals surface area contributed by atoms with E-state index in [0.717, 1.165) is 11.3 Å². The summed E-state index contributed by atoms with van der Waals surface area (Å²) in [6.07, 6.45) is 0. The summed E-state index contributed by atoms with van der Waals surface area (Å²) in [5, 5.41) is 16.4.